The fourth-order valence-corrected chi connectivity index (χ4v) is 4.61. The van der Waals surface area contributed by atoms with Gasteiger partial charge in [0.05, 0.1) is 17.1 Å². The molecule has 0 spiro atoms. The van der Waals surface area contributed by atoms with Gasteiger partial charge in [0.25, 0.3) is 0 Å². The van der Waals surface area contributed by atoms with Gasteiger partial charge in [-0.3, -0.25) is 0 Å². The first kappa shape index (κ1) is 15.3. The van der Waals surface area contributed by atoms with Crippen LogP contribution in [0.15, 0.2) is 24.3 Å². The van der Waals surface area contributed by atoms with E-state index in [-0.39, 0.29) is 11.5 Å². The molecule has 1 aliphatic rings. The van der Waals surface area contributed by atoms with Crippen molar-refractivity contribution in [3.63, 3.8) is 0 Å². The summed E-state index contributed by atoms with van der Waals surface area (Å²) in [5.41, 5.74) is -1.08. The average molecular weight is 307 g/mol. The summed E-state index contributed by atoms with van der Waals surface area (Å²) in [6.07, 6.45) is -4.43. The van der Waals surface area contributed by atoms with Crippen LogP contribution in [0.1, 0.15) is 31.0 Å². The van der Waals surface area contributed by atoms with E-state index in [2.05, 4.69) is 5.32 Å². The first-order chi connectivity index (χ1) is 8.99. The molecule has 1 fully saturated rings. The lowest BCUT2D eigenvalue weighted by molar-refractivity contribution is -0.137. The molecule has 0 aliphatic carbocycles. The number of alkyl halides is 3. The van der Waals surface area contributed by atoms with Gasteiger partial charge in [0.15, 0.2) is 9.84 Å². The van der Waals surface area contributed by atoms with Crippen LogP contribution in [-0.2, 0) is 16.0 Å². The summed E-state index contributed by atoms with van der Waals surface area (Å²) in [6, 6.07) is 4.18. The van der Waals surface area contributed by atoms with Crippen molar-refractivity contribution in [2.24, 2.45) is 0 Å². The number of sulfone groups is 1. The quantitative estimate of drug-likeness (QED) is 0.867. The Bertz CT molecular complexity index is 608. The van der Waals surface area contributed by atoms with Crippen molar-refractivity contribution in [3.05, 3.63) is 35.4 Å². The van der Waals surface area contributed by atoms with E-state index in [9.17, 15) is 21.6 Å². The minimum atomic E-state index is -4.43. The lowest BCUT2D eigenvalue weighted by Gasteiger charge is -2.37. The van der Waals surface area contributed by atoms with Crippen molar-refractivity contribution in [2.45, 2.75) is 31.6 Å². The molecule has 1 saturated heterocycles. The number of hydrogen-bond donors (Lipinski definition) is 1. The fraction of sp³-hybridized carbons (Fsp3) is 0.538. The van der Waals surface area contributed by atoms with Crippen LogP contribution in [0.5, 0.6) is 0 Å². The number of hydrogen-bond acceptors (Lipinski definition) is 3. The molecule has 0 bridgehead atoms. The SMILES string of the molecule is CC1(C)CS(=O)(=O)CC(c2cccc(C(F)(F)F)c2)N1. The molecule has 112 valence electrons. The van der Waals surface area contributed by atoms with Crippen LogP contribution >= 0.6 is 0 Å². The zero-order chi connectivity index (χ0) is 15.2. The third kappa shape index (κ3) is 3.52. The number of rotatable bonds is 1. The molecule has 20 heavy (non-hydrogen) atoms. The van der Waals surface area contributed by atoms with E-state index >= 15 is 0 Å². The van der Waals surface area contributed by atoms with Crippen molar-refractivity contribution in [1.82, 2.24) is 5.32 Å². The number of halogens is 3. The van der Waals surface area contributed by atoms with E-state index < -0.39 is 33.2 Å². The second kappa shape index (κ2) is 4.73. The molecular weight excluding hydrogens is 291 g/mol. The Balaban J connectivity index is 2.37. The number of benzene rings is 1. The molecular formula is C13H16F3NO2S. The zero-order valence-corrected chi connectivity index (χ0v) is 12.0. The van der Waals surface area contributed by atoms with E-state index in [4.69, 9.17) is 0 Å². The highest BCUT2D eigenvalue weighted by atomic mass is 32.2. The Kier molecular flexibility index (Phi) is 3.62. The predicted molar refractivity (Wildman–Crippen MR) is 70.1 cm³/mol. The van der Waals surface area contributed by atoms with Gasteiger partial charge in [-0.1, -0.05) is 12.1 Å². The van der Waals surface area contributed by atoms with Crippen LogP contribution in [0, 0.1) is 0 Å². The minimum Gasteiger partial charge on any atom is -0.303 e. The smallest absolute Gasteiger partial charge is 0.303 e. The first-order valence-corrected chi connectivity index (χ1v) is 7.96. The summed E-state index contributed by atoms with van der Waals surface area (Å²) in [6.45, 7) is 3.45. The summed E-state index contributed by atoms with van der Waals surface area (Å²) in [5, 5.41) is 3.10. The van der Waals surface area contributed by atoms with Gasteiger partial charge in [0.1, 0.15) is 0 Å². The van der Waals surface area contributed by atoms with E-state index in [1.165, 1.54) is 12.1 Å². The van der Waals surface area contributed by atoms with Gasteiger partial charge < -0.3 is 5.32 Å². The Hall–Kier alpha value is -1.08. The number of nitrogens with one attached hydrogen (secondary N) is 1. The van der Waals surface area contributed by atoms with Gasteiger partial charge in [-0.2, -0.15) is 13.2 Å². The van der Waals surface area contributed by atoms with Gasteiger partial charge in [0, 0.05) is 11.6 Å². The molecule has 1 N–H and O–H groups in total. The van der Waals surface area contributed by atoms with Crippen molar-refractivity contribution in [1.29, 1.82) is 0 Å². The monoisotopic (exact) mass is 307 g/mol. The fourth-order valence-electron chi connectivity index (χ4n) is 2.53. The molecule has 0 amide bonds. The summed E-state index contributed by atoms with van der Waals surface area (Å²) in [5.74, 6) is -0.201. The molecule has 0 saturated carbocycles. The lowest BCUT2D eigenvalue weighted by Crippen LogP contribution is -2.54. The molecule has 0 radical (unpaired) electrons. The third-order valence-corrected chi connectivity index (χ3v) is 5.19. The Morgan fingerprint density at radius 3 is 2.50 bits per heavy atom. The topological polar surface area (TPSA) is 46.2 Å². The summed E-state index contributed by atoms with van der Waals surface area (Å²) in [7, 11) is -3.28. The lowest BCUT2D eigenvalue weighted by atomic mass is 10.0. The summed E-state index contributed by atoms with van der Waals surface area (Å²) in [4.78, 5) is 0. The molecule has 3 nitrogen and oxygen atoms in total. The zero-order valence-electron chi connectivity index (χ0n) is 11.2. The molecule has 2 rings (SSSR count). The normalized spacial score (nSPS) is 25.4. The Morgan fingerprint density at radius 1 is 1.30 bits per heavy atom. The maximum absolute atomic E-state index is 12.7. The minimum absolute atomic E-state index is 0.0184. The van der Waals surface area contributed by atoms with Gasteiger partial charge in [-0.05, 0) is 31.5 Å². The van der Waals surface area contributed by atoms with E-state index in [0.29, 0.717) is 5.56 Å². The second-order valence-corrected chi connectivity index (χ2v) is 7.87. The summed E-state index contributed by atoms with van der Waals surface area (Å²) >= 11 is 0. The third-order valence-electron chi connectivity index (χ3n) is 3.18. The van der Waals surface area contributed by atoms with Crippen molar-refractivity contribution >= 4 is 9.84 Å². The molecule has 1 aliphatic heterocycles. The highest BCUT2D eigenvalue weighted by Crippen LogP contribution is 2.32. The van der Waals surface area contributed by atoms with E-state index in [0.717, 1.165) is 12.1 Å². The van der Waals surface area contributed by atoms with Gasteiger partial charge in [-0.25, -0.2) is 8.42 Å². The van der Waals surface area contributed by atoms with Crippen molar-refractivity contribution in [2.75, 3.05) is 11.5 Å². The maximum Gasteiger partial charge on any atom is 0.416 e. The van der Waals surface area contributed by atoms with Crippen LogP contribution in [-0.4, -0.2) is 25.5 Å². The van der Waals surface area contributed by atoms with E-state index in [1.54, 1.807) is 13.8 Å². The summed E-state index contributed by atoms with van der Waals surface area (Å²) < 4.78 is 61.8. The molecule has 7 heteroatoms. The first-order valence-electron chi connectivity index (χ1n) is 6.14. The highest BCUT2D eigenvalue weighted by molar-refractivity contribution is 7.91. The van der Waals surface area contributed by atoms with Gasteiger partial charge >= 0.3 is 6.18 Å². The molecule has 1 heterocycles. The van der Waals surface area contributed by atoms with Gasteiger partial charge in [-0.15, -0.1) is 0 Å². The van der Waals surface area contributed by atoms with E-state index in [1.807, 2.05) is 0 Å². The molecule has 1 atom stereocenters. The van der Waals surface area contributed by atoms with Crippen molar-refractivity contribution in [3.8, 4) is 0 Å². The maximum atomic E-state index is 12.7. The molecule has 1 aromatic rings. The molecule has 1 unspecified atom stereocenters. The van der Waals surface area contributed by atoms with Crippen molar-refractivity contribution < 1.29 is 21.6 Å². The Labute approximate surface area is 116 Å². The van der Waals surface area contributed by atoms with Crippen LogP contribution in [0.3, 0.4) is 0 Å². The molecule has 0 aromatic heterocycles. The van der Waals surface area contributed by atoms with Crippen LogP contribution in [0.4, 0.5) is 13.2 Å². The second-order valence-electron chi connectivity index (χ2n) is 5.76. The van der Waals surface area contributed by atoms with Crippen LogP contribution in [0.2, 0.25) is 0 Å². The predicted octanol–water partition coefficient (Wildman–Crippen LogP) is 2.54. The Morgan fingerprint density at radius 2 is 1.95 bits per heavy atom. The molecule has 1 aromatic carbocycles. The van der Waals surface area contributed by atoms with Gasteiger partial charge in [0.2, 0.25) is 0 Å². The standard InChI is InChI=1S/C13H16F3NO2S/c1-12(2)8-20(18,19)7-11(17-12)9-4-3-5-10(6-9)13(14,15)16/h3-6,11,17H,7-8H2,1-2H3. The van der Waals surface area contributed by atoms with Crippen LogP contribution < -0.4 is 5.32 Å². The van der Waals surface area contributed by atoms with Crippen LogP contribution in [0.25, 0.3) is 0 Å². The average Bonchev–Trinajstić information content (AvgIpc) is 2.24. The largest absolute Gasteiger partial charge is 0.416 e. The highest BCUT2D eigenvalue weighted by Gasteiger charge is 2.38.